The van der Waals surface area contributed by atoms with Gasteiger partial charge in [0.1, 0.15) is 0 Å². The molecule has 2 aromatic rings. The van der Waals surface area contributed by atoms with E-state index in [9.17, 15) is 29.8 Å². The molecular weight excluding hydrogens is 334 g/mol. The smallest absolute Gasteiger partial charge is 0.311 e. The highest BCUT2D eigenvalue weighted by Gasteiger charge is 2.23. The number of nitrogens with zero attached hydrogens (tertiary/aromatic N) is 3. The summed E-state index contributed by atoms with van der Waals surface area (Å²) in [5.41, 5.74) is -0.668. The lowest BCUT2D eigenvalue weighted by atomic mass is 10.1. The summed E-state index contributed by atoms with van der Waals surface area (Å²) in [6.45, 7) is 0. The zero-order chi connectivity index (χ0) is 18.7. The fourth-order valence-electron chi connectivity index (χ4n) is 2.26. The van der Waals surface area contributed by atoms with Gasteiger partial charge in [0.25, 0.3) is 11.4 Å². The molecule has 0 spiro atoms. The van der Waals surface area contributed by atoms with Crippen molar-refractivity contribution < 1.29 is 24.2 Å². The van der Waals surface area contributed by atoms with Gasteiger partial charge in [0, 0.05) is 30.4 Å². The second-order valence-corrected chi connectivity index (χ2v) is 5.10. The Hall–Kier alpha value is -3.56. The van der Waals surface area contributed by atoms with Gasteiger partial charge in [0.15, 0.2) is 0 Å². The van der Waals surface area contributed by atoms with E-state index in [1.807, 2.05) is 0 Å². The number of rotatable bonds is 6. The summed E-state index contributed by atoms with van der Waals surface area (Å²) in [5, 5.41) is 21.9. The van der Waals surface area contributed by atoms with Gasteiger partial charge in [-0.1, -0.05) is 0 Å². The van der Waals surface area contributed by atoms with E-state index in [1.54, 1.807) is 0 Å². The number of carbonyl (C=O) groups is 2. The number of hydrogen-bond donors (Lipinski definition) is 0. The summed E-state index contributed by atoms with van der Waals surface area (Å²) >= 11 is 0. The average molecular weight is 347 g/mol. The number of benzene rings is 1. The molecule has 10 heteroatoms. The minimum atomic E-state index is -0.808. The monoisotopic (exact) mass is 347 g/mol. The average Bonchev–Trinajstić information content (AvgIpc) is 2.94. The highest BCUT2D eigenvalue weighted by Crippen LogP contribution is 2.25. The van der Waals surface area contributed by atoms with Crippen molar-refractivity contribution >= 4 is 23.1 Å². The van der Waals surface area contributed by atoms with Crippen LogP contribution in [0.1, 0.15) is 21.7 Å². The first-order chi connectivity index (χ1) is 11.7. The maximum absolute atomic E-state index is 12.6. The molecule has 0 bridgehead atoms. The maximum Gasteiger partial charge on any atom is 0.311 e. The van der Waals surface area contributed by atoms with Crippen LogP contribution in [0.25, 0.3) is 0 Å². The van der Waals surface area contributed by atoms with Crippen molar-refractivity contribution in [1.29, 1.82) is 0 Å². The summed E-state index contributed by atoms with van der Waals surface area (Å²) in [6, 6.07) is 5.70. The van der Waals surface area contributed by atoms with Crippen LogP contribution in [-0.2, 0) is 23.0 Å². The first kappa shape index (κ1) is 17.8. The molecule has 130 valence electrons. The molecule has 0 amide bonds. The van der Waals surface area contributed by atoms with Crippen LogP contribution in [0.15, 0.2) is 30.3 Å². The molecule has 0 radical (unpaired) electrons. The third-order valence-corrected chi connectivity index (χ3v) is 3.60. The third-order valence-electron chi connectivity index (χ3n) is 3.60. The van der Waals surface area contributed by atoms with Gasteiger partial charge in [-0.15, -0.1) is 0 Å². The Bertz CT molecular complexity index is 853. The molecule has 1 aromatic heterocycles. The standard InChI is InChI=1S/C15H13N3O7/c1-16-10(8-14(19)25-2)3-4-13(16)15(20)9-5-11(17(21)22)7-12(6-9)18(23)24/h3-7H,8H2,1-2H3. The van der Waals surface area contributed by atoms with Gasteiger partial charge in [-0.2, -0.15) is 0 Å². The molecule has 25 heavy (non-hydrogen) atoms. The molecule has 1 heterocycles. The Morgan fingerprint density at radius 3 is 2.12 bits per heavy atom. The van der Waals surface area contributed by atoms with Gasteiger partial charge >= 0.3 is 5.97 Å². The quantitative estimate of drug-likeness (QED) is 0.336. The van der Waals surface area contributed by atoms with Crippen molar-refractivity contribution in [2.45, 2.75) is 6.42 Å². The number of hydrogen-bond acceptors (Lipinski definition) is 7. The zero-order valence-corrected chi connectivity index (χ0v) is 13.3. The van der Waals surface area contributed by atoms with E-state index in [-0.39, 0.29) is 17.7 Å². The minimum absolute atomic E-state index is 0.0602. The van der Waals surface area contributed by atoms with E-state index in [0.717, 1.165) is 18.2 Å². The number of nitro groups is 2. The predicted octanol–water partition coefficient (Wildman–Crippen LogP) is 1.79. The van der Waals surface area contributed by atoms with Crippen LogP contribution >= 0.6 is 0 Å². The van der Waals surface area contributed by atoms with Crippen LogP contribution in [0.4, 0.5) is 11.4 Å². The first-order valence-electron chi connectivity index (χ1n) is 6.94. The number of ether oxygens (including phenoxy) is 1. The van der Waals surface area contributed by atoms with E-state index in [4.69, 9.17) is 0 Å². The predicted molar refractivity (Wildman–Crippen MR) is 84.3 cm³/mol. The summed E-state index contributed by atoms with van der Waals surface area (Å²) in [4.78, 5) is 44.2. The van der Waals surface area contributed by atoms with Gasteiger partial charge in [-0.25, -0.2) is 0 Å². The molecule has 0 saturated carbocycles. The van der Waals surface area contributed by atoms with Crippen molar-refractivity contribution in [2.24, 2.45) is 7.05 Å². The van der Waals surface area contributed by atoms with Gasteiger partial charge in [0.05, 0.1) is 35.1 Å². The van der Waals surface area contributed by atoms with Crippen LogP contribution in [0.3, 0.4) is 0 Å². The summed E-state index contributed by atoms with van der Waals surface area (Å²) in [7, 11) is 2.77. The molecule has 0 aliphatic rings. The Morgan fingerprint density at radius 2 is 1.64 bits per heavy atom. The molecule has 10 nitrogen and oxygen atoms in total. The minimum Gasteiger partial charge on any atom is -0.469 e. The van der Waals surface area contributed by atoms with Crippen LogP contribution in [0.2, 0.25) is 0 Å². The lowest BCUT2D eigenvalue weighted by Gasteiger charge is -2.07. The molecule has 2 rings (SSSR count). The van der Waals surface area contributed by atoms with Gasteiger partial charge < -0.3 is 9.30 Å². The van der Waals surface area contributed by atoms with Crippen molar-refractivity contribution in [3.05, 3.63) is 67.5 Å². The van der Waals surface area contributed by atoms with Crippen molar-refractivity contribution in [2.75, 3.05) is 7.11 Å². The molecule has 0 aliphatic heterocycles. The molecule has 0 atom stereocenters. The fraction of sp³-hybridized carbons (Fsp3) is 0.200. The number of aromatic nitrogens is 1. The number of nitro benzene ring substituents is 2. The fourth-order valence-corrected chi connectivity index (χ4v) is 2.26. The van der Waals surface area contributed by atoms with Gasteiger partial charge in [-0.05, 0) is 12.1 Å². The topological polar surface area (TPSA) is 135 Å². The van der Waals surface area contributed by atoms with E-state index < -0.39 is 33.0 Å². The highest BCUT2D eigenvalue weighted by atomic mass is 16.6. The lowest BCUT2D eigenvalue weighted by Crippen LogP contribution is -2.13. The van der Waals surface area contributed by atoms with Crippen LogP contribution in [0.5, 0.6) is 0 Å². The highest BCUT2D eigenvalue weighted by molar-refractivity contribution is 6.08. The molecule has 0 saturated heterocycles. The van der Waals surface area contributed by atoms with Crippen molar-refractivity contribution in [3.8, 4) is 0 Å². The summed E-state index contributed by atoms with van der Waals surface area (Å²) in [6.07, 6.45) is -0.0602. The Balaban J connectivity index is 2.46. The second-order valence-electron chi connectivity index (χ2n) is 5.10. The number of ketones is 1. The molecule has 0 N–H and O–H groups in total. The van der Waals surface area contributed by atoms with Gasteiger partial charge in [-0.3, -0.25) is 29.8 Å². The van der Waals surface area contributed by atoms with Crippen molar-refractivity contribution in [1.82, 2.24) is 4.57 Å². The Kier molecular flexibility index (Phi) is 4.92. The maximum atomic E-state index is 12.6. The van der Waals surface area contributed by atoms with E-state index in [0.29, 0.717) is 5.69 Å². The number of esters is 1. The molecule has 1 aromatic carbocycles. The normalized spacial score (nSPS) is 10.3. The number of carbonyl (C=O) groups excluding carboxylic acids is 2. The SMILES string of the molecule is COC(=O)Cc1ccc(C(=O)c2cc([N+](=O)[O-])cc([N+](=O)[O-])c2)n1C. The molecule has 0 fully saturated rings. The van der Waals surface area contributed by atoms with Crippen molar-refractivity contribution in [3.63, 3.8) is 0 Å². The molecule has 0 unspecified atom stereocenters. The number of methoxy groups -OCH3 is 1. The molecular formula is C15H13N3O7. The summed E-state index contributed by atoms with van der Waals surface area (Å²) < 4.78 is 5.99. The zero-order valence-electron chi connectivity index (χ0n) is 13.3. The van der Waals surface area contributed by atoms with Gasteiger partial charge in [0.2, 0.25) is 5.78 Å². The Labute approximate surface area is 140 Å². The van der Waals surface area contributed by atoms with E-state index in [1.165, 1.54) is 30.9 Å². The van der Waals surface area contributed by atoms with E-state index >= 15 is 0 Å². The molecule has 0 aliphatic carbocycles. The summed E-state index contributed by atoms with van der Waals surface area (Å²) in [5.74, 6) is -1.13. The second kappa shape index (κ2) is 6.91. The lowest BCUT2D eigenvalue weighted by molar-refractivity contribution is -0.394. The third kappa shape index (κ3) is 3.68. The largest absolute Gasteiger partial charge is 0.469 e. The van der Waals surface area contributed by atoms with Crippen LogP contribution in [-0.4, -0.2) is 33.3 Å². The van der Waals surface area contributed by atoms with E-state index in [2.05, 4.69) is 4.74 Å². The number of non-ortho nitro benzene ring substituents is 2. The van der Waals surface area contributed by atoms with Crippen LogP contribution in [0, 0.1) is 20.2 Å². The Morgan fingerprint density at radius 1 is 1.08 bits per heavy atom. The first-order valence-corrected chi connectivity index (χ1v) is 6.94. The van der Waals surface area contributed by atoms with Crippen LogP contribution < -0.4 is 0 Å².